The third-order valence-electron chi connectivity index (χ3n) is 5.05. The summed E-state index contributed by atoms with van der Waals surface area (Å²) in [6.07, 6.45) is 0. The molecule has 0 amide bonds. The Morgan fingerprint density at radius 3 is 2.34 bits per heavy atom. The molecule has 1 saturated heterocycles. The number of nitrogens with zero attached hydrogens (tertiary/aromatic N) is 4. The fourth-order valence-electron chi connectivity index (χ4n) is 3.37. The van der Waals surface area contributed by atoms with Crippen molar-refractivity contribution in [2.24, 2.45) is 0 Å². The lowest BCUT2D eigenvalue weighted by molar-refractivity contribution is 0.176. The van der Waals surface area contributed by atoms with Gasteiger partial charge in [-0.3, -0.25) is 4.90 Å². The van der Waals surface area contributed by atoms with Gasteiger partial charge in [-0.2, -0.15) is 9.29 Å². The topological polar surface area (TPSA) is 79.5 Å². The van der Waals surface area contributed by atoms with E-state index in [2.05, 4.69) is 15.0 Å². The molecule has 2 heterocycles. The molecule has 1 aromatic heterocycles. The van der Waals surface area contributed by atoms with Gasteiger partial charge in [0.1, 0.15) is 0 Å². The molecule has 29 heavy (non-hydrogen) atoms. The Labute approximate surface area is 171 Å². The molecule has 1 fully saturated rings. The average Bonchev–Trinajstić information content (AvgIpc) is 3.18. The van der Waals surface area contributed by atoms with Crippen LogP contribution in [0.15, 0.2) is 59.1 Å². The molecule has 0 N–H and O–H groups in total. The molecule has 0 radical (unpaired) electrons. The second-order valence-corrected chi connectivity index (χ2v) is 9.27. The maximum atomic E-state index is 12.7. The van der Waals surface area contributed by atoms with Gasteiger partial charge in [-0.25, -0.2) is 8.42 Å². The molecule has 3 aromatic rings. The predicted octanol–water partition coefficient (Wildman–Crippen LogP) is 2.69. The van der Waals surface area contributed by atoms with Crippen molar-refractivity contribution in [2.45, 2.75) is 19.2 Å². The number of hydrogen-bond donors (Lipinski definition) is 0. The van der Waals surface area contributed by atoms with Crippen LogP contribution in [0.2, 0.25) is 0 Å². The van der Waals surface area contributed by atoms with Crippen molar-refractivity contribution < 1.29 is 12.9 Å². The SMILES string of the molecule is Cc1ccc(-c2nc(CN3CCN(S(=O)(=O)Cc4ccccc4)CC3)no2)cc1. The maximum Gasteiger partial charge on any atom is 0.257 e. The van der Waals surface area contributed by atoms with Crippen molar-refractivity contribution in [3.8, 4) is 11.5 Å². The van der Waals surface area contributed by atoms with Crippen molar-refractivity contribution in [3.63, 3.8) is 0 Å². The van der Waals surface area contributed by atoms with Crippen LogP contribution in [0.4, 0.5) is 0 Å². The normalized spacial score (nSPS) is 16.2. The van der Waals surface area contributed by atoms with Crippen LogP contribution in [-0.2, 0) is 22.3 Å². The zero-order valence-corrected chi connectivity index (χ0v) is 17.2. The molecule has 2 aromatic carbocycles. The highest BCUT2D eigenvalue weighted by Crippen LogP contribution is 2.19. The first-order valence-electron chi connectivity index (χ1n) is 9.63. The molecule has 0 saturated carbocycles. The van der Waals surface area contributed by atoms with Crippen LogP contribution in [0.3, 0.4) is 0 Å². The van der Waals surface area contributed by atoms with Crippen LogP contribution in [0, 0.1) is 6.92 Å². The summed E-state index contributed by atoms with van der Waals surface area (Å²) in [5, 5.41) is 4.07. The van der Waals surface area contributed by atoms with Crippen LogP contribution >= 0.6 is 0 Å². The quantitative estimate of drug-likeness (QED) is 0.619. The van der Waals surface area contributed by atoms with E-state index in [1.54, 1.807) is 4.31 Å². The van der Waals surface area contributed by atoms with Gasteiger partial charge in [0, 0.05) is 31.7 Å². The minimum Gasteiger partial charge on any atom is -0.334 e. The lowest BCUT2D eigenvalue weighted by Crippen LogP contribution is -2.48. The fraction of sp³-hybridized carbons (Fsp3) is 0.333. The standard InChI is InChI=1S/C21H24N4O3S/c1-17-7-9-19(10-8-17)21-22-20(23-28-21)15-24-11-13-25(14-12-24)29(26,27)16-18-5-3-2-4-6-18/h2-10H,11-16H2,1H3. The molecule has 1 aliphatic rings. The van der Waals surface area contributed by atoms with E-state index >= 15 is 0 Å². The summed E-state index contributed by atoms with van der Waals surface area (Å²) >= 11 is 0. The van der Waals surface area contributed by atoms with E-state index in [1.165, 1.54) is 5.56 Å². The number of sulfonamides is 1. The molecule has 0 atom stereocenters. The number of benzene rings is 2. The molecular weight excluding hydrogens is 388 g/mol. The third-order valence-corrected chi connectivity index (χ3v) is 6.90. The van der Waals surface area contributed by atoms with E-state index in [-0.39, 0.29) is 5.75 Å². The third kappa shape index (κ3) is 4.90. The van der Waals surface area contributed by atoms with Crippen molar-refractivity contribution in [1.82, 2.24) is 19.3 Å². The van der Waals surface area contributed by atoms with Crippen molar-refractivity contribution in [1.29, 1.82) is 0 Å². The number of hydrogen-bond acceptors (Lipinski definition) is 6. The van der Waals surface area contributed by atoms with Gasteiger partial charge in [0.15, 0.2) is 5.82 Å². The molecule has 8 heteroatoms. The highest BCUT2D eigenvalue weighted by molar-refractivity contribution is 7.88. The van der Waals surface area contributed by atoms with Gasteiger partial charge in [-0.15, -0.1) is 0 Å². The van der Waals surface area contributed by atoms with Crippen molar-refractivity contribution >= 4 is 10.0 Å². The number of aromatic nitrogens is 2. The van der Waals surface area contributed by atoms with Gasteiger partial charge in [-0.1, -0.05) is 53.2 Å². The summed E-state index contributed by atoms with van der Waals surface area (Å²) in [6.45, 7) is 4.80. The molecule has 0 aliphatic carbocycles. The Hall–Kier alpha value is -2.55. The number of rotatable bonds is 6. The summed E-state index contributed by atoms with van der Waals surface area (Å²) < 4.78 is 32.3. The Bertz CT molecular complexity index is 1040. The van der Waals surface area contributed by atoms with Crippen molar-refractivity contribution in [3.05, 3.63) is 71.5 Å². The fourth-order valence-corrected chi connectivity index (χ4v) is 4.89. The largest absolute Gasteiger partial charge is 0.334 e. The van der Waals surface area contributed by atoms with E-state index in [0.717, 1.165) is 11.1 Å². The molecule has 152 valence electrons. The second kappa shape index (κ2) is 8.44. The van der Waals surface area contributed by atoms with Crippen LogP contribution < -0.4 is 0 Å². The molecule has 0 spiro atoms. The minimum atomic E-state index is -3.31. The van der Waals surface area contributed by atoms with Gasteiger partial charge in [-0.05, 0) is 24.6 Å². The van der Waals surface area contributed by atoms with E-state index < -0.39 is 10.0 Å². The number of piperazine rings is 1. The summed E-state index contributed by atoms with van der Waals surface area (Å²) in [5.74, 6) is 1.16. The molecule has 0 bridgehead atoms. The van der Waals surface area contributed by atoms with E-state index in [0.29, 0.717) is 44.4 Å². The number of aryl methyl sites for hydroxylation is 1. The Morgan fingerprint density at radius 2 is 1.66 bits per heavy atom. The smallest absolute Gasteiger partial charge is 0.257 e. The molecule has 4 rings (SSSR count). The molecular formula is C21H24N4O3S. The highest BCUT2D eigenvalue weighted by Gasteiger charge is 2.27. The monoisotopic (exact) mass is 412 g/mol. The maximum absolute atomic E-state index is 12.7. The zero-order chi connectivity index (χ0) is 20.3. The van der Waals surface area contributed by atoms with E-state index in [9.17, 15) is 8.42 Å². The van der Waals surface area contributed by atoms with Gasteiger partial charge in [0.05, 0.1) is 12.3 Å². The summed E-state index contributed by atoms with van der Waals surface area (Å²) in [5.41, 5.74) is 2.88. The molecule has 7 nitrogen and oxygen atoms in total. The lowest BCUT2D eigenvalue weighted by atomic mass is 10.1. The molecule has 1 aliphatic heterocycles. The van der Waals surface area contributed by atoms with Gasteiger partial charge >= 0.3 is 0 Å². The molecule has 0 unspecified atom stereocenters. The van der Waals surface area contributed by atoms with Crippen LogP contribution in [0.1, 0.15) is 17.0 Å². The van der Waals surface area contributed by atoms with E-state index in [4.69, 9.17) is 4.52 Å². The van der Waals surface area contributed by atoms with Crippen molar-refractivity contribution in [2.75, 3.05) is 26.2 Å². The van der Waals surface area contributed by atoms with Crippen LogP contribution in [-0.4, -0.2) is 53.9 Å². The first-order chi connectivity index (χ1) is 14.0. The first kappa shape index (κ1) is 19.8. The predicted molar refractivity (Wildman–Crippen MR) is 110 cm³/mol. The average molecular weight is 413 g/mol. The van der Waals surface area contributed by atoms with Gasteiger partial charge in [0.25, 0.3) is 5.89 Å². The summed E-state index contributed by atoms with van der Waals surface area (Å²) in [7, 11) is -3.31. The summed E-state index contributed by atoms with van der Waals surface area (Å²) in [4.78, 5) is 6.63. The Balaban J connectivity index is 1.33. The summed E-state index contributed by atoms with van der Waals surface area (Å²) in [6, 6.07) is 17.2. The minimum absolute atomic E-state index is 0.0403. The second-order valence-electron chi connectivity index (χ2n) is 7.30. The van der Waals surface area contributed by atoms with Crippen LogP contribution in [0.25, 0.3) is 11.5 Å². The zero-order valence-electron chi connectivity index (χ0n) is 16.4. The first-order valence-corrected chi connectivity index (χ1v) is 11.2. The van der Waals surface area contributed by atoms with Gasteiger partial charge in [0.2, 0.25) is 10.0 Å². The lowest BCUT2D eigenvalue weighted by Gasteiger charge is -2.33. The van der Waals surface area contributed by atoms with E-state index in [1.807, 2.05) is 61.5 Å². The van der Waals surface area contributed by atoms with Gasteiger partial charge < -0.3 is 4.52 Å². The Kier molecular flexibility index (Phi) is 5.75. The Morgan fingerprint density at radius 1 is 0.966 bits per heavy atom. The highest BCUT2D eigenvalue weighted by atomic mass is 32.2. The van der Waals surface area contributed by atoms with Crippen LogP contribution in [0.5, 0.6) is 0 Å².